The van der Waals surface area contributed by atoms with Crippen molar-refractivity contribution in [3.8, 4) is 11.3 Å². The van der Waals surface area contributed by atoms with E-state index in [9.17, 15) is 9.59 Å². The topological polar surface area (TPSA) is 91.8 Å². The minimum atomic E-state index is -0.322. The zero-order chi connectivity index (χ0) is 21.1. The van der Waals surface area contributed by atoms with E-state index >= 15 is 0 Å². The van der Waals surface area contributed by atoms with Crippen LogP contribution in [0.1, 0.15) is 23.2 Å². The third-order valence-electron chi connectivity index (χ3n) is 5.44. The first kappa shape index (κ1) is 20.2. The lowest BCUT2D eigenvalue weighted by molar-refractivity contribution is -0.142. The number of rotatable bonds is 4. The van der Waals surface area contributed by atoms with Crippen molar-refractivity contribution in [2.24, 2.45) is 0 Å². The summed E-state index contributed by atoms with van der Waals surface area (Å²) in [5.74, 6) is 0.442. The molecule has 0 bridgehead atoms. The van der Waals surface area contributed by atoms with Gasteiger partial charge in [-0.1, -0.05) is 0 Å². The van der Waals surface area contributed by atoms with Crippen LogP contribution < -0.4 is 4.90 Å². The number of carbonyl (C=O) groups is 2. The second-order valence-corrected chi connectivity index (χ2v) is 7.68. The molecule has 2 aromatic heterocycles. The first-order valence-corrected chi connectivity index (χ1v) is 10.2. The lowest BCUT2D eigenvalue weighted by Crippen LogP contribution is -2.52. The van der Waals surface area contributed by atoms with Crippen LogP contribution in [0.3, 0.4) is 0 Å². The summed E-state index contributed by atoms with van der Waals surface area (Å²) < 4.78 is 5.51. The molecule has 2 fully saturated rings. The van der Waals surface area contributed by atoms with Gasteiger partial charge in [0.2, 0.25) is 5.95 Å². The first-order chi connectivity index (χ1) is 14.5. The molecule has 9 heteroatoms. The van der Waals surface area contributed by atoms with Crippen molar-refractivity contribution in [1.82, 2.24) is 24.8 Å². The molecule has 2 aliphatic rings. The van der Waals surface area contributed by atoms with Crippen molar-refractivity contribution in [2.75, 3.05) is 51.8 Å². The van der Waals surface area contributed by atoms with E-state index in [1.165, 1.54) is 0 Å². The molecule has 158 valence electrons. The monoisotopic (exact) mass is 410 g/mol. The molecule has 0 saturated carbocycles. The molecular weight excluding hydrogens is 384 g/mol. The predicted octanol–water partition coefficient (Wildman–Crippen LogP) is 1.07. The van der Waals surface area contributed by atoms with Gasteiger partial charge in [-0.15, -0.1) is 0 Å². The van der Waals surface area contributed by atoms with Crippen LogP contribution in [-0.4, -0.2) is 89.6 Å². The number of carbonyl (C=O) groups excluding carboxylic acids is 2. The molecule has 0 N–H and O–H groups in total. The highest BCUT2D eigenvalue weighted by atomic mass is 16.5. The number of hydrogen-bond donors (Lipinski definition) is 0. The normalized spacial score (nSPS) is 19.1. The maximum Gasteiger partial charge on any atom is 0.257 e. The lowest BCUT2D eigenvalue weighted by atomic mass is 10.1. The fourth-order valence-electron chi connectivity index (χ4n) is 3.75. The summed E-state index contributed by atoms with van der Waals surface area (Å²) in [6, 6.07) is 3.66. The molecular formula is C21H26N6O3. The fourth-order valence-corrected chi connectivity index (χ4v) is 3.75. The molecule has 1 unspecified atom stereocenters. The Kier molecular flexibility index (Phi) is 5.89. The first-order valence-electron chi connectivity index (χ1n) is 10.2. The van der Waals surface area contributed by atoms with Crippen molar-refractivity contribution in [3.05, 3.63) is 36.3 Å². The quantitative estimate of drug-likeness (QED) is 0.744. The number of amides is 2. The van der Waals surface area contributed by atoms with Gasteiger partial charge in [0, 0.05) is 71.0 Å². The molecule has 0 radical (unpaired) electrons. The highest BCUT2D eigenvalue weighted by molar-refractivity contribution is 6.00. The summed E-state index contributed by atoms with van der Waals surface area (Å²) in [4.78, 5) is 44.2. The Labute approximate surface area is 175 Å². The van der Waals surface area contributed by atoms with Gasteiger partial charge < -0.3 is 19.4 Å². The minimum absolute atomic E-state index is 0.0377. The molecule has 2 amide bonds. The summed E-state index contributed by atoms with van der Waals surface area (Å²) in [5.41, 5.74) is 1.84. The van der Waals surface area contributed by atoms with Crippen LogP contribution in [0.2, 0.25) is 0 Å². The Morgan fingerprint density at radius 1 is 1.10 bits per heavy atom. The van der Waals surface area contributed by atoms with Gasteiger partial charge in [-0.25, -0.2) is 9.97 Å². The highest BCUT2D eigenvalue weighted by Gasteiger charge is 2.32. The van der Waals surface area contributed by atoms with Crippen LogP contribution in [0, 0.1) is 0 Å². The number of hydrogen-bond acceptors (Lipinski definition) is 7. The zero-order valence-corrected chi connectivity index (χ0v) is 17.3. The van der Waals surface area contributed by atoms with Crippen molar-refractivity contribution >= 4 is 17.8 Å². The predicted molar refractivity (Wildman–Crippen MR) is 111 cm³/mol. The van der Waals surface area contributed by atoms with Gasteiger partial charge in [-0.2, -0.15) is 0 Å². The van der Waals surface area contributed by atoms with Crippen molar-refractivity contribution in [1.29, 1.82) is 0 Å². The van der Waals surface area contributed by atoms with Gasteiger partial charge >= 0.3 is 0 Å². The Morgan fingerprint density at radius 2 is 1.80 bits per heavy atom. The van der Waals surface area contributed by atoms with Crippen LogP contribution in [-0.2, 0) is 9.53 Å². The van der Waals surface area contributed by atoms with Gasteiger partial charge in [0.15, 0.2) is 0 Å². The third kappa shape index (κ3) is 4.11. The summed E-state index contributed by atoms with van der Waals surface area (Å²) in [6.07, 6.45) is 6.33. The van der Waals surface area contributed by atoms with Gasteiger partial charge in [0.1, 0.15) is 6.10 Å². The summed E-state index contributed by atoms with van der Waals surface area (Å²) >= 11 is 0. The van der Waals surface area contributed by atoms with Crippen LogP contribution in [0.25, 0.3) is 11.3 Å². The van der Waals surface area contributed by atoms with Gasteiger partial charge in [0.05, 0.1) is 11.3 Å². The van der Waals surface area contributed by atoms with Gasteiger partial charge in [-0.05, 0) is 25.0 Å². The highest BCUT2D eigenvalue weighted by Crippen LogP contribution is 2.24. The van der Waals surface area contributed by atoms with Crippen molar-refractivity contribution < 1.29 is 14.3 Å². The van der Waals surface area contributed by atoms with Crippen molar-refractivity contribution in [3.63, 3.8) is 0 Å². The summed E-state index contributed by atoms with van der Waals surface area (Å²) in [6.45, 7) is 2.61. The fraction of sp³-hybridized carbons (Fsp3) is 0.476. The number of piperazine rings is 1. The Morgan fingerprint density at radius 3 is 2.43 bits per heavy atom. The van der Waals surface area contributed by atoms with Gasteiger partial charge in [0.25, 0.3) is 11.8 Å². The second kappa shape index (κ2) is 8.74. The summed E-state index contributed by atoms with van der Waals surface area (Å²) in [7, 11) is 3.72. The van der Waals surface area contributed by atoms with E-state index in [2.05, 4.69) is 15.0 Å². The van der Waals surface area contributed by atoms with E-state index in [1.807, 2.05) is 26.2 Å². The molecule has 0 aliphatic carbocycles. The average Bonchev–Trinajstić information content (AvgIpc) is 3.33. The van der Waals surface area contributed by atoms with E-state index in [0.717, 1.165) is 18.4 Å². The average molecular weight is 410 g/mol. The maximum absolute atomic E-state index is 13.3. The Bertz CT molecular complexity index is 906. The smallest absolute Gasteiger partial charge is 0.257 e. The molecule has 0 spiro atoms. The van der Waals surface area contributed by atoms with E-state index in [0.29, 0.717) is 50.0 Å². The second-order valence-electron chi connectivity index (χ2n) is 7.68. The SMILES string of the molecule is CN(C)c1ncc(C(=O)N2CCN(C(=O)C3CCCO3)CC2)c(-c2ccncc2)n1. The minimum Gasteiger partial charge on any atom is -0.368 e. The van der Waals surface area contributed by atoms with Crippen LogP contribution in [0.15, 0.2) is 30.7 Å². The molecule has 30 heavy (non-hydrogen) atoms. The number of anilines is 1. The standard InChI is InChI=1S/C21H26N6O3/c1-25(2)21-23-14-16(18(24-21)15-5-7-22-8-6-15)19(28)26-9-11-27(12-10-26)20(29)17-4-3-13-30-17/h5-8,14,17H,3-4,9-13H2,1-2H3. The Hall–Kier alpha value is -3.07. The molecule has 2 aromatic rings. The van der Waals surface area contributed by atoms with E-state index < -0.39 is 0 Å². The zero-order valence-electron chi connectivity index (χ0n) is 17.3. The molecule has 1 atom stereocenters. The third-order valence-corrected chi connectivity index (χ3v) is 5.44. The van der Waals surface area contributed by atoms with Crippen molar-refractivity contribution in [2.45, 2.75) is 18.9 Å². The largest absolute Gasteiger partial charge is 0.368 e. The van der Waals surface area contributed by atoms with Gasteiger partial charge in [-0.3, -0.25) is 14.6 Å². The van der Waals surface area contributed by atoms with E-state index in [1.54, 1.807) is 33.3 Å². The maximum atomic E-state index is 13.3. The van der Waals surface area contributed by atoms with Crippen LogP contribution in [0.4, 0.5) is 5.95 Å². The molecule has 0 aromatic carbocycles. The molecule has 2 saturated heterocycles. The number of aromatic nitrogens is 3. The van der Waals surface area contributed by atoms with Crippen LogP contribution >= 0.6 is 0 Å². The molecule has 4 rings (SSSR count). The van der Waals surface area contributed by atoms with Crippen LogP contribution in [0.5, 0.6) is 0 Å². The Balaban J connectivity index is 1.51. The molecule has 4 heterocycles. The number of nitrogens with zero attached hydrogens (tertiary/aromatic N) is 6. The summed E-state index contributed by atoms with van der Waals surface area (Å²) in [5, 5.41) is 0. The lowest BCUT2D eigenvalue weighted by Gasteiger charge is -2.36. The molecule has 2 aliphatic heterocycles. The van der Waals surface area contributed by atoms with E-state index in [4.69, 9.17) is 4.74 Å². The molecule has 9 nitrogen and oxygen atoms in total. The number of ether oxygens (including phenoxy) is 1. The number of pyridine rings is 1. The van der Waals surface area contributed by atoms with E-state index in [-0.39, 0.29) is 17.9 Å².